The maximum Gasteiger partial charge on any atom is 0.416 e. The molecule has 0 aliphatic carbocycles. The molecular weight excluding hydrogens is 274 g/mol. The van der Waals surface area contributed by atoms with E-state index in [2.05, 4.69) is 5.32 Å². The van der Waals surface area contributed by atoms with Gasteiger partial charge in [-0.05, 0) is 18.2 Å². The molecule has 0 unspecified atom stereocenters. The molecule has 0 spiro atoms. The van der Waals surface area contributed by atoms with E-state index in [-0.39, 0.29) is 5.69 Å². The molecule has 1 N–H and O–H groups in total. The van der Waals surface area contributed by atoms with Gasteiger partial charge >= 0.3 is 6.18 Å². The lowest BCUT2D eigenvalue weighted by Crippen LogP contribution is -2.12. The number of benzene rings is 1. The molecule has 0 saturated heterocycles. The summed E-state index contributed by atoms with van der Waals surface area (Å²) in [7, 11) is 0. The lowest BCUT2D eigenvalue weighted by Gasteiger charge is -2.11. The lowest BCUT2D eigenvalue weighted by atomic mass is 10.2. The van der Waals surface area contributed by atoms with Gasteiger partial charge in [0.05, 0.1) is 24.5 Å². The van der Waals surface area contributed by atoms with Gasteiger partial charge in [0.2, 0.25) is 0 Å². The Bertz CT molecular complexity index is 384. The molecule has 7 heteroatoms. The molecule has 0 radical (unpaired) electrons. The first kappa shape index (κ1) is 15.0. The first-order chi connectivity index (χ1) is 8.45. The molecule has 0 heterocycles. The number of ether oxygens (including phenoxy) is 1. The first-order valence-electron chi connectivity index (χ1n) is 5.19. The normalized spacial score (nSPS) is 11.6. The van der Waals surface area contributed by atoms with E-state index in [1.165, 1.54) is 0 Å². The fourth-order valence-corrected chi connectivity index (χ4v) is 1.36. The minimum atomic E-state index is -4.54. The molecule has 18 heavy (non-hydrogen) atoms. The van der Waals surface area contributed by atoms with Crippen LogP contribution in [0.4, 0.5) is 23.2 Å². The number of rotatable bonds is 6. The zero-order chi connectivity index (χ0) is 13.6. The van der Waals surface area contributed by atoms with Gasteiger partial charge < -0.3 is 10.1 Å². The van der Waals surface area contributed by atoms with Gasteiger partial charge in [0.15, 0.2) is 0 Å². The van der Waals surface area contributed by atoms with Crippen LogP contribution in [-0.4, -0.2) is 25.6 Å². The van der Waals surface area contributed by atoms with Gasteiger partial charge in [-0.15, -0.1) is 11.6 Å². The second-order valence-electron chi connectivity index (χ2n) is 3.42. The average Bonchev–Trinajstić information content (AvgIpc) is 2.29. The molecular formula is C11H12ClF4NO. The van der Waals surface area contributed by atoms with Crippen molar-refractivity contribution < 1.29 is 22.3 Å². The van der Waals surface area contributed by atoms with Gasteiger partial charge in [0, 0.05) is 12.4 Å². The van der Waals surface area contributed by atoms with E-state index in [1.807, 2.05) is 0 Å². The third-order valence-corrected chi connectivity index (χ3v) is 2.23. The van der Waals surface area contributed by atoms with Gasteiger partial charge in [0.25, 0.3) is 0 Å². The van der Waals surface area contributed by atoms with Crippen LogP contribution in [0.25, 0.3) is 0 Å². The third-order valence-electron chi connectivity index (χ3n) is 2.08. The zero-order valence-corrected chi connectivity index (χ0v) is 10.1. The largest absolute Gasteiger partial charge is 0.416 e. The maximum absolute atomic E-state index is 13.3. The highest BCUT2D eigenvalue weighted by molar-refractivity contribution is 6.17. The number of hydrogen-bond acceptors (Lipinski definition) is 2. The van der Waals surface area contributed by atoms with E-state index in [4.69, 9.17) is 16.3 Å². The van der Waals surface area contributed by atoms with E-state index in [9.17, 15) is 17.6 Å². The Kier molecular flexibility index (Phi) is 5.68. The van der Waals surface area contributed by atoms with Crippen LogP contribution in [0, 0.1) is 5.82 Å². The fraction of sp³-hybridized carbons (Fsp3) is 0.455. The highest BCUT2D eigenvalue weighted by atomic mass is 35.5. The average molecular weight is 286 g/mol. The SMILES string of the molecule is Fc1cc(C(F)(F)F)ccc1NCCOCCCl. The van der Waals surface area contributed by atoms with Crippen molar-refractivity contribution in [2.45, 2.75) is 6.18 Å². The monoisotopic (exact) mass is 285 g/mol. The second kappa shape index (κ2) is 6.80. The van der Waals surface area contributed by atoms with E-state index >= 15 is 0 Å². The Hall–Kier alpha value is -1.01. The van der Waals surface area contributed by atoms with Crippen LogP contribution in [0.3, 0.4) is 0 Å². The van der Waals surface area contributed by atoms with Crippen molar-refractivity contribution in [2.75, 3.05) is 31.0 Å². The molecule has 1 rings (SSSR count). The van der Waals surface area contributed by atoms with Crippen LogP contribution in [0.5, 0.6) is 0 Å². The summed E-state index contributed by atoms with van der Waals surface area (Å²) in [4.78, 5) is 0. The molecule has 0 saturated carbocycles. The Morgan fingerprint density at radius 2 is 1.94 bits per heavy atom. The smallest absolute Gasteiger partial charge is 0.380 e. The topological polar surface area (TPSA) is 21.3 Å². The third kappa shape index (κ3) is 4.70. The Labute approximate surface area is 107 Å². The van der Waals surface area contributed by atoms with Crippen molar-refractivity contribution in [3.8, 4) is 0 Å². The lowest BCUT2D eigenvalue weighted by molar-refractivity contribution is -0.137. The molecule has 0 bridgehead atoms. The molecule has 0 aromatic heterocycles. The molecule has 0 amide bonds. The zero-order valence-electron chi connectivity index (χ0n) is 9.36. The highest BCUT2D eigenvalue weighted by Crippen LogP contribution is 2.31. The van der Waals surface area contributed by atoms with E-state index < -0.39 is 17.6 Å². The standard InChI is InChI=1S/C11H12ClF4NO/c12-3-5-18-6-4-17-10-2-1-8(7-9(10)13)11(14,15)16/h1-2,7,17H,3-6H2. The number of nitrogens with one attached hydrogen (secondary N) is 1. The van der Waals surface area contributed by atoms with Gasteiger partial charge in [-0.2, -0.15) is 13.2 Å². The Morgan fingerprint density at radius 3 is 2.50 bits per heavy atom. The van der Waals surface area contributed by atoms with E-state index in [1.54, 1.807) is 0 Å². The predicted octanol–water partition coefficient (Wildman–Crippen LogP) is 3.51. The molecule has 2 nitrogen and oxygen atoms in total. The van der Waals surface area contributed by atoms with Gasteiger partial charge in [0.1, 0.15) is 5.82 Å². The quantitative estimate of drug-likeness (QED) is 0.491. The summed E-state index contributed by atoms with van der Waals surface area (Å²) in [6.07, 6.45) is -4.54. The number of alkyl halides is 4. The molecule has 0 fully saturated rings. The van der Waals surface area contributed by atoms with Crippen molar-refractivity contribution in [1.82, 2.24) is 0 Å². The van der Waals surface area contributed by atoms with E-state index in [0.717, 1.165) is 12.1 Å². The number of anilines is 1. The number of halogens is 5. The maximum atomic E-state index is 13.3. The summed E-state index contributed by atoms with van der Waals surface area (Å²) in [5.74, 6) is -0.587. The summed E-state index contributed by atoms with van der Waals surface area (Å²) >= 11 is 5.37. The first-order valence-corrected chi connectivity index (χ1v) is 5.73. The van der Waals surface area contributed by atoms with Crippen molar-refractivity contribution in [3.63, 3.8) is 0 Å². The van der Waals surface area contributed by atoms with Crippen LogP contribution in [0.1, 0.15) is 5.56 Å². The number of hydrogen-bond donors (Lipinski definition) is 1. The van der Waals surface area contributed by atoms with Crippen LogP contribution in [0.2, 0.25) is 0 Å². The predicted molar refractivity (Wildman–Crippen MR) is 61.4 cm³/mol. The summed E-state index contributed by atoms with van der Waals surface area (Å²) in [5.41, 5.74) is -0.999. The Balaban J connectivity index is 2.53. The minimum absolute atomic E-state index is 0.0115. The molecule has 1 aromatic carbocycles. The van der Waals surface area contributed by atoms with E-state index in [0.29, 0.717) is 31.7 Å². The van der Waals surface area contributed by atoms with Crippen LogP contribution in [0.15, 0.2) is 18.2 Å². The molecule has 0 aliphatic rings. The second-order valence-corrected chi connectivity index (χ2v) is 3.80. The van der Waals surface area contributed by atoms with Gasteiger partial charge in [-0.3, -0.25) is 0 Å². The Morgan fingerprint density at radius 1 is 1.22 bits per heavy atom. The van der Waals surface area contributed by atoms with Crippen LogP contribution < -0.4 is 5.32 Å². The molecule has 0 aliphatic heterocycles. The van der Waals surface area contributed by atoms with Crippen LogP contribution >= 0.6 is 11.6 Å². The van der Waals surface area contributed by atoms with Crippen molar-refractivity contribution in [2.24, 2.45) is 0 Å². The summed E-state index contributed by atoms with van der Waals surface area (Å²) in [5, 5.41) is 2.64. The van der Waals surface area contributed by atoms with Crippen molar-refractivity contribution >= 4 is 17.3 Å². The summed E-state index contributed by atoms with van der Waals surface area (Å²) in [6, 6.07) is 2.34. The summed E-state index contributed by atoms with van der Waals surface area (Å²) in [6.45, 7) is 0.963. The molecule has 1 aromatic rings. The van der Waals surface area contributed by atoms with Gasteiger partial charge in [-0.1, -0.05) is 0 Å². The van der Waals surface area contributed by atoms with Crippen molar-refractivity contribution in [1.29, 1.82) is 0 Å². The fourth-order valence-electron chi connectivity index (χ4n) is 1.25. The minimum Gasteiger partial charge on any atom is -0.380 e. The summed E-state index contributed by atoms with van der Waals surface area (Å²) < 4.78 is 55.2. The van der Waals surface area contributed by atoms with Crippen LogP contribution in [-0.2, 0) is 10.9 Å². The van der Waals surface area contributed by atoms with Crippen molar-refractivity contribution in [3.05, 3.63) is 29.6 Å². The highest BCUT2D eigenvalue weighted by Gasteiger charge is 2.31. The van der Waals surface area contributed by atoms with Gasteiger partial charge in [-0.25, -0.2) is 4.39 Å². The molecule has 102 valence electrons. The molecule has 0 atom stereocenters.